The lowest BCUT2D eigenvalue weighted by molar-refractivity contribution is 0.102. The highest BCUT2D eigenvalue weighted by molar-refractivity contribution is 7.16. The molecular weight excluding hydrogens is 394 g/mol. The van der Waals surface area contributed by atoms with E-state index in [-0.39, 0.29) is 5.91 Å². The minimum Gasteiger partial charge on any atom is -0.463 e. The van der Waals surface area contributed by atoms with Crippen LogP contribution in [-0.4, -0.2) is 25.7 Å². The molecular formula is C19H13N5O2S2. The fraction of sp³-hybridized carbons (Fsp3) is 0.0526. The van der Waals surface area contributed by atoms with E-state index < -0.39 is 0 Å². The second-order valence-electron chi connectivity index (χ2n) is 6.06. The summed E-state index contributed by atoms with van der Waals surface area (Å²) in [7, 11) is 0. The quantitative estimate of drug-likeness (QED) is 0.464. The smallest absolute Gasteiger partial charge is 0.256 e. The molecule has 0 aliphatic heterocycles. The van der Waals surface area contributed by atoms with Crippen molar-refractivity contribution in [1.29, 1.82) is 0 Å². The summed E-state index contributed by atoms with van der Waals surface area (Å²) in [5.74, 6) is 1.04. The molecule has 0 bridgehead atoms. The first-order valence-corrected chi connectivity index (χ1v) is 10.1. The number of carbonyl (C=O) groups is 1. The Hall–Kier alpha value is -3.30. The topological polar surface area (TPSA) is 85.8 Å². The first-order valence-electron chi connectivity index (χ1n) is 8.38. The molecule has 0 radical (unpaired) electrons. The molecule has 5 rings (SSSR count). The molecule has 1 N–H and O–H groups in total. The number of amides is 1. The molecule has 5 aromatic rings. The van der Waals surface area contributed by atoms with Gasteiger partial charge in [0.2, 0.25) is 5.13 Å². The number of nitrogens with zero attached hydrogens (tertiary/aromatic N) is 4. The summed E-state index contributed by atoms with van der Waals surface area (Å²) in [6.07, 6.45) is 1.61. The zero-order valence-electron chi connectivity index (χ0n) is 14.6. The van der Waals surface area contributed by atoms with Crippen molar-refractivity contribution in [3.8, 4) is 16.6 Å². The van der Waals surface area contributed by atoms with Crippen LogP contribution < -0.4 is 5.32 Å². The highest BCUT2D eigenvalue weighted by Gasteiger charge is 2.16. The van der Waals surface area contributed by atoms with Crippen molar-refractivity contribution >= 4 is 44.6 Å². The molecule has 0 unspecified atom stereocenters. The summed E-state index contributed by atoms with van der Waals surface area (Å²) in [4.78, 5) is 21.6. The molecule has 138 valence electrons. The number of aryl methyl sites for hydroxylation is 1. The van der Waals surface area contributed by atoms with Gasteiger partial charge in [-0.25, -0.2) is 9.97 Å². The van der Waals surface area contributed by atoms with Crippen LogP contribution in [0.4, 0.5) is 5.82 Å². The number of furan rings is 1. The van der Waals surface area contributed by atoms with Gasteiger partial charge in [0, 0.05) is 17.0 Å². The predicted molar refractivity (Wildman–Crippen MR) is 109 cm³/mol. The van der Waals surface area contributed by atoms with E-state index in [4.69, 9.17) is 4.42 Å². The maximum absolute atomic E-state index is 12.8. The summed E-state index contributed by atoms with van der Waals surface area (Å²) >= 11 is 2.93. The molecule has 28 heavy (non-hydrogen) atoms. The standard InChI is InChI=1S/C19H13N5O2S2/c1-11-7-17(22-18(25)12-4-5-13-16(8-12)28-10-20-13)24(23-11)19-21-14(9-27-19)15-3-2-6-26-15/h2-10H,1H3,(H,22,25). The third kappa shape index (κ3) is 3.00. The van der Waals surface area contributed by atoms with E-state index in [1.807, 2.05) is 42.6 Å². The molecule has 0 fully saturated rings. The predicted octanol–water partition coefficient (Wildman–Crippen LogP) is 4.76. The van der Waals surface area contributed by atoms with Crippen molar-refractivity contribution in [2.45, 2.75) is 6.92 Å². The van der Waals surface area contributed by atoms with E-state index in [1.54, 1.807) is 22.5 Å². The Kier molecular flexibility index (Phi) is 4.03. The van der Waals surface area contributed by atoms with E-state index in [9.17, 15) is 4.79 Å². The van der Waals surface area contributed by atoms with Crippen LogP contribution in [0, 0.1) is 6.92 Å². The number of rotatable bonds is 4. The molecule has 1 aromatic carbocycles. The molecule has 0 saturated heterocycles. The largest absolute Gasteiger partial charge is 0.463 e. The Morgan fingerprint density at radius 2 is 2.14 bits per heavy atom. The van der Waals surface area contributed by atoms with Gasteiger partial charge < -0.3 is 9.73 Å². The first kappa shape index (κ1) is 16.8. The number of aromatic nitrogens is 4. The van der Waals surface area contributed by atoms with Crippen LogP contribution in [0.25, 0.3) is 26.8 Å². The lowest BCUT2D eigenvalue weighted by Gasteiger charge is -2.06. The second-order valence-corrected chi connectivity index (χ2v) is 7.79. The van der Waals surface area contributed by atoms with Gasteiger partial charge in [0.05, 0.1) is 27.7 Å². The summed E-state index contributed by atoms with van der Waals surface area (Å²) in [5, 5.41) is 9.95. The molecule has 0 aliphatic carbocycles. The Balaban J connectivity index is 1.45. The average Bonchev–Trinajstić information content (AvgIpc) is 3.47. The Bertz CT molecular complexity index is 1280. The Labute approximate surface area is 167 Å². The second kappa shape index (κ2) is 6.70. The highest BCUT2D eigenvalue weighted by atomic mass is 32.1. The molecule has 9 heteroatoms. The summed E-state index contributed by atoms with van der Waals surface area (Å²) in [5.41, 5.74) is 4.73. The number of hydrogen-bond acceptors (Lipinski definition) is 7. The van der Waals surface area contributed by atoms with Gasteiger partial charge in [-0.15, -0.1) is 22.7 Å². The first-order chi connectivity index (χ1) is 13.7. The van der Waals surface area contributed by atoms with Crippen LogP contribution in [0.3, 0.4) is 0 Å². The average molecular weight is 407 g/mol. The van der Waals surface area contributed by atoms with Crippen LogP contribution in [0.15, 0.2) is 58.0 Å². The minimum absolute atomic E-state index is 0.209. The maximum atomic E-state index is 12.8. The fourth-order valence-electron chi connectivity index (χ4n) is 2.82. The SMILES string of the molecule is Cc1cc(NC(=O)c2ccc3ncsc3c2)n(-c2nc(-c3ccco3)cs2)n1. The Morgan fingerprint density at radius 3 is 3.00 bits per heavy atom. The third-order valence-corrected chi connectivity index (χ3v) is 5.72. The number of benzene rings is 1. The van der Waals surface area contributed by atoms with E-state index >= 15 is 0 Å². The number of nitrogens with one attached hydrogen (secondary N) is 1. The number of anilines is 1. The van der Waals surface area contributed by atoms with Gasteiger partial charge in [0.1, 0.15) is 11.5 Å². The third-order valence-electron chi connectivity index (χ3n) is 4.11. The van der Waals surface area contributed by atoms with Crippen LogP contribution in [0.2, 0.25) is 0 Å². The molecule has 1 amide bonds. The fourth-order valence-corrected chi connectivity index (χ4v) is 4.31. The van der Waals surface area contributed by atoms with Gasteiger partial charge >= 0.3 is 0 Å². The van der Waals surface area contributed by atoms with Crippen LogP contribution in [0.1, 0.15) is 16.1 Å². The summed E-state index contributed by atoms with van der Waals surface area (Å²) < 4.78 is 8.00. The van der Waals surface area contributed by atoms with Gasteiger partial charge in [0.25, 0.3) is 5.91 Å². The zero-order valence-corrected chi connectivity index (χ0v) is 16.3. The van der Waals surface area contributed by atoms with E-state index in [2.05, 4.69) is 20.4 Å². The normalized spacial score (nSPS) is 11.2. The van der Waals surface area contributed by atoms with Gasteiger partial charge in [0.15, 0.2) is 5.76 Å². The van der Waals surface area contributed by atoms with E-state index in [1.165, 1.54) is 22.7 Å². The summed E-state index contributed by atoms with van der Waals surface area (Å²) in [6, 6.07) is 10.9. The number of carbonyl (C=O) groups excluding carboxylic acids is 1. The molecule has 4 aromatic heterocycles. The molecule has 0 saturated carbocycles. The van der Waals surface area contributed by atoms with Crippen LogP contribution in [0.5, 0.6) is 0 Å². The van der Waals surface area contributed by atoms with Gasteiger partial charge in [-0.1, -0.05) is 0 Å². The lowest BCUT2D eigenvalue weighted by Crippen LogP contribution is -2.15. The van der Waals surface area contributed by atoms with Crippen molar-refractivity contribution in [2.75, 3.05) is 5.32 Å². The van der Waals surface area contributed by atoms with E-state index in [0.29, 0.717) is 22.3 Å². The number of fused-ring (bicyclic) bond motifs is 1. The van der Waals surface area contributed by atoms with Crippen molar-refractivity contribution < 1.29 is 9.21 Å². The maximum Gasteiger partial charge on any atom is 0.256 e. The van der Waals surface area contributed by atoms with Crippen LogP contribution >= 0.6 is 22.7 Å². The molecule has 0 atom stereocenters. The highest BCUT2D eigenvalue weighted by Crippen LogP contribution is 2.27. The molecule has 0 spiro atoms. The number of thiazole rings is 2. The van der Waals surface area contributed by atoms with E-state index in [0.717, 1.165) is 21.6 Å². The van der Waals surface area contributed by atoms with Gasteiger partial charge in [-0.2, -0.15) is 9.78 Å². The molecule has 4 heterocycles. The lowest BCUT2D eigenvalue weighted by atomic mass is 10.2. The Morgan fingerprint density at radius 1 is 1.21 bits per heavy atom. The van der Waals surface area contributed by atoms with Crippen molar-refractivity contribution in [3.63, 3.8) is 0 Å². The van der Waals surface area contributed by atoms with Crippen molar-refractivity contribution in [2.24, 2.45) is 0 Å². The van der Waals surface area contributed by atoms with Crippen molar-refractivity contribution in [1.82, 2.24) is 19.7 Å². The van der Waals surface area contributed by atoms with Crippen molar-refractivity contribution in [3.05, 3.63) is 64.8 Å². The molecule has 7 nitrogen and oxygen atoms in total. The zero-order chi connectivity index (χ0) is 19.1. The summed E-state index contributed by atoms with van der Waals surface area (Å²) in [6.45, 7) is 1.87. The van der Waals surface area contributed by atoms with Gasteiger partial charge in [-0.05, 0) is 37.3 Å². The monoisotopic (exact) mass is 407 g/mol. The number of hydrogen-bond donors (Lipinski definition) is 1. The van der Waals surface area contributed by atoms with Crippen LogP contribution in [-0.2, 0) is 0 Å². The van der Waals surface area contributed by atoms with Gasteiger partial charge in [-0.3, -0.25) is 4.79 Å². The molecule has 0 aliphatic rings. The minimum atomic E-state index is -0.209.